The standard InChI is InChI=1S/C7H10FNO2S/c1-5-3-7(6(2)9-5)4-12(8,10)11/h3,9H,4H2,1-2H3. The summed E-state index contributed by atoms with van der Waals surface area (Å²) in [7, 11) is -4.41. The van der Waals surface area contributed by atoms with Gasteiger partial charge in [-0.25, -0.2) is 0 Å². The average Bonchev–Trinajstić information content (AvgIpc) is 2.06. The third-order valence-corrected chi connectivity index (χ3v) is 2.24. The molecule has 0 saturated heterocycles. The Morgan fingerprint density at radius 2 is 2.08 bits per heavy atom. The van der Waals surface area contributed by atoms with Crippen molar-refractivity contribution in [1.82, 2.24) is 4.98 Å². The summed E-state index contributed by atoms with van der Waals surface area (Å²) in [5, 5.41) is 0. The number of hydrogen-bond donors (Lipinski definition) is 1. The highest BCUT2D eigenvalue weighted by Crippen LogP contribution is 2.13. The van der Waals surface area contributed by atoms with E-state index in [1.54, 1.807) is 19.9 Å². The van der Waals surface area contributed by atoms with Crippen molar-refractivity contribution in [2.45, 2.75) is 19.6 Å². The van der Waals surface area contributed by atoms with Gasteiger partial charge in [0.2, 0.25) is 0 Å². The van der Waals surface area contributed by atoms with Gasteiger partial charge in [-0.3, -0.25) is 0 Å². The highest BCUT2D eigenvalue weighted by atomic mass is 32.3. The minimum Gasteiger partial charge on any atom is -0.362 e. The largest absolute Gasteiger partial charge is 0.362 e. The first kappa shape index (κ1) is 9.25. The van der Waals surface area contributed by atoms with Gasteiger partial charge >= 0.3 is 10.2 Å². The molecule has 0 atom stereocenters. The summed E-state index contributed by atoms with van der Waals surface area (Å²) in [6.07, 6.45) is 0. The van der Waals surface area contributed by atoms with Crippen LogP contribution in [0.1, 0.15) is 17.0 Å². The second-order valence-corrected chi connectivity index (χ2v) is 4.15. The summed E-state index contributed by atoms with van der Waals surface area (Å²) < 4.78 is 32.8. The monoisotopic (exact) mass is 191 g/mol. The molecule has 12 heavy (non-hydrogen) atoms. The number of aryl methyl sites for hydroxylation is 2. The third-order valence-electron chi connectivity index (χ3n) is 1.58. The molecule has 0 amide bonds. The summed E-state index contributed by atoms with van der Waals surface area (Å²) in [6.45, 7) is 3.51. The van der Waals surface area contributed by atoms with Crippen LogP contribution in [0.15, 0.2) is 6.07 Å². The first-order chi connectivity index (χ1) is 5.38. The van der Waals surface area contributed by atoms with Crippen LogP contribution in [-0.2, 0) is 16.0 Å². The van der Waals surface area contributed by atoms with Crippen LogP contribution in [0.2, 0.25) is 0 Å². The van der Waals surface area contributed by atoms with Gasteiger partial charge in [-0.2, -0.15) is 8.42 Å². The molecule has 1 aromatic heterocycles. The summed E-state index contributed by atoms with van der Waals surface area (Å²) >= 11 is 0. The summed E-state index contributed by atoms with van der Waals surface area (Å²) in [5.41, 5.74) is 2.04. The molecule has 0 aliphatic heterocycles. The van der Waals surface area contributed by atoms with E-state index >= 15 is 0 Å². The number of halogens is 1. The van der Waals surface area contributed by atoms with Crippen molar-refractivity contribution in [3.63, 3.8) is 0 Å². The Morgan fingerprint density at radius 1 is 1.50 bits per heavy atom. The van der Waals surface area contributed by atoms with Crippen LogP contribution in [0.4, 0.5) is 3.89 Å². The predicted molar refractivity (Wildman–Crippen MR) is 44.0 cm³/mol. The fourth-order valence-electron chi connectivity index (χ4n) is 1.12. The molecule has 0 radical (unpaired) electrons. The number of H-pyrrole nitrogens is 1. The lowest BCUT2D eigenvalue weighted by atomic mass is 10.3. The van der Waals surface area contributed by atoms with E-state index in [0.717, 1.165) is 5.69 Å². The number of nitrogens with one attached hydrogen (secondary N) is 1. The van der Waals surface area contributed by atoms with Crippen LogP contribution in [-0.4, -0.2) is 13.4 Å². The molecule has 5 heteroatoms. The fraction of sp³-hybridized carbons (Fsp3) is 0.429. The Kier molecular flexibility index (Phi) is 2.23. The van der Waals surface area contributed by atoms with E-state index in [0.29, 0.717) is 11.3 Å². The molecular weight excluding hydrogens is 181 g/mol. The molecule has 1 heterocycles. The van der Waals surface area contributed by atoms with E-state index in [-0.39, 0.29) is 0 Å². The van der Waals surface area contributed by atoms with Gasteiger partial charge in [0.1, 0.15) is 5.75 Å². The Morgan fingerprint density at radius 3 is 2.42 bits per heavy atom. The van der Waals surface area contributed by atoms with Crippen LogP contribution >= 0.6 is 0 Å². The van der Waals surface area contributed by atoms with Gasteiger partial charge in [-0.05, 0) is 25.5 Å². The van der Waals surface area contributed by atoms with Crippen molar-refractivity contribution in [2.24, 2.45) is 0 Å². The molecule has 0 aliphatic carbocycles. The zero-order chi connectivity index (χ0) is 9.35. The van der Waals surface area contributed by atoms with E-state index in [9.17, 15) is 12.3 Å². The molecule has 3 nitrogen and oxygen atoms in total. The number of aromatic amines is 1. The van der Waals surface area contributed by atoms with Crippen molar-refractivity contribution in [3.05, 3.63) is 23.0 Å². The van der Waals surface area contributed by atoms with E-state index < -0.39 is 16.0 Å². The first-order valence-electron chi connectivity index (χ1n) is 3.46. The number of hydrogen-bond acceptors (Lipinski definition) is 2. The Balaban J connectivity index is 2.97. The smallest absolute Gasteiger partial charge is 0.306 e. The second-order valence-electron chi connectivity index (χ2n) is 2.79. The highest BCUT2D eigenvalue weighted by Gasteiger charge is 2.12. The van der Waals surface area contributed by atoms with Crippen molar-refractivity contribution in [2.75, 3.05) is 0 Å². The lowest BCUT2D eigenvalue weighted by molar-refractivity contribution is 0.551. The molecule has 0 fully saturated rings. The minimum atomic E-state index is -4.41. The molecule has 0 bridgehead atoms. The van der Waals surface area contributed by atoms with Crippen LogP contribution < -0.4 is 0 Å². The zero-order valence-corrected chi connectivity index (χ0v) is 7.70. The van der Waals surface area contributed by atoms with Crippen molar-refractivity contribution < 1.29 is 12.3 Å². The van der Waals surface area contributed by atoms with E-state index in [1.165, 1.54) is 0 Å². The van der Waals surface area contributed by atoms with Crippen LogP contribution in [0, 0.1) is 13.8 Å². The Hall–Kier alpha value is -0.840. The van der Waals surface area contributed by atoms with Gasteiger partial charge in [0.05, 0.1) is 0 Å². The van der Waals surface area contributed by atoms with E-state index in [1.807, 2.05) is 0 Å². The zero-order valence-electron chi connectivity index (χ0n) is 6.89. The molecule has 68 valence electrons. The molecule has 0 unspecified atom stereocenters. The maximum absolute atomic E-state index is 12.2. The normalized spacial score (nSPS) is 11.9. The van der Waals surface area contributed by atoms with E-state index in [2.05, 4.69) is 4.98 Å². The van der Waals surface area contributed by atoms with Gasteiger partial charge in [-0.15, -0.1) is 3.89 Å². The molecule has 1 aromatic rings. The van der Waals surface area contributed by atoms with Gasteiger partial charge in [-0.1, -0.05) is 0 Å². The quantitative estimate of drug-likeness (QED) is 0.719. The molecule has 0 aromatic carbocycles. The summed E-state index contributed by atoms with van der Waals surface area (Å²) in [5.74, 6) is -0.539. The molecule has 0 aliphatic rings. The molecule has 0 spiro atoms. The molecule has 1 N–H and O–H groups in total. The van der Waals surface area contributed by atoms with E-state index in [4.69, 9.17) is 0 Å². The summed E-state index contributed by atoms with van der Waals surface area (Å²) in [6, 6.07) is 1.63. The lowest BCUT2D eigenvalue weighted by Gasteiger charge is -1.92. The number of rotatable bonds is 2. The Labute approximate surface area is 70.8 Å². The Bertz CT molecular complexity index is 380. The van der Waals surface area contributed by atoms with Gasteiger partial charge in [0, 0.05) is 11.4 Å². The van der Waals surface area contributed by atoms with Crippen LogP contribution in [0.5, 0.6) is 0 Å². The lowest BCUT2D eigenvalue weighted by Crippen LogP contribution is -1.96. The van der Waals surface area contributed by atoms with Gasteiger partial charge < -0.3 is 4.98 Å². The predicted octanol–water partition coefficient (Wildman–Crippen LogP) is 1.43. The number of aromatic nitrogens is 1. The third kappa shape index (κ3) is 2.34. The van der Waals surface area contributed by atoms with Crippen molar-refractivity contribution >= 4 is 10.2 Å². The second kappa shape index (κ2) is 2.90. The topological polar surface area (TPSA) is 49.9 Å². The fourth-order valence-corrected chi connectivity index (χ4v) is 1.79. The maximum atomic E-state index is 12.2. The summed E-state index contributed by atoms with van der Waals surface area (Å²) in [4.78, 5) is 2.90. The van der Waals surface area contributed by atoms with Crippen LogP contribution in [0.25, 0.3) is 0 Å². The van der Waals surface area contributed by atoms with Crippen molar-refractivity contribution in [1.29, 1.82) is 0 Å². The maximum Gasteiger partial charge on any atom is 0.306 e. The first-order valence-corrected chi connectivity index (χ1v) is 5.01. The molecule has 0 saturated carbocycles. The highest BCUT2D eigenvalue weighted by molar-refractivity contribution is 7.85. The molecular formula is C7H10FNO2S. The van der Waals surface area contributed by atoms with Crippen LogP contribution in [0.3, 0.4) is 0 Å². The average molecular weight is 191 g/mol. The van der Waals surface area contributed by atoms with Gasteiger partial charge in [0.25, 0.3) is 0 Å². The molecule has 1 rings (SSSR count). The minimum absolute atomic E-state index is 0.495. The van der Waals surface area contributed by atoms with Gasteiger partial charge in [0.15, 0.2) is 0 Å². The van der Waals surface area contributed by atoms with Crippen molar-refractivity contribution in [3.8, 4) is 0 Å². The SMILES string of the molecule is Cc1cc(CS(=O)(=O)F)c(C)[nH]1.